The molecule has 0 radical (unpaired) electrons. The summed E-state index contributed by atoms with van der Waals surface area (Å²) in [5.41, 5.74) is 0.780. The Hall–Kier alpha value is -0.450. The van der Waals surface area contributed by atoms with Gasteiger partial charge >= 0.3 is 0 Å². The zero-order valence-electron chi connectivity index (χ0n) is 11.2. The highest BCUT2D eigenvalue weighted by atomic mass is 79.9. The zero-order valence-corrected chi connectivity index (χ0v) is 12.7. The number of nitrogens with zero attached hydrogens (tertiary/aromatic N) is 2. The van der Waals surface area contributed by atoms with E-state index >= 15 is 0 Å². The molecule has 1 heterocycles. The Morgan fingerprint density at radius 1 is 1.28 bits per heavy atom. The Balaban J connectivity index is 2.05. The van der Waals surface area contributed by atoms with Crippen molar-refractivity contribution < 1.29 is 4.39 Å². The van der Waals surface area contributed by atoms with Crippen molar-refractivity contribution in [2.75, 3.05) is 20.1 Å². The molecule has 0 aliphatic carbocycles. The van der Waals surface area contributed by atoms with Crippen molar-refractivity contribution in [3.63, 3.8) is 0 Å². The average Bonchev–Trinajstić information content (AvgIpc) is 2.29. The number of piperazine rings is 1. The summed E-state index contributed by atoms with van der Waals surface area (Å²) >= 11 is 3.29. The van der Waals surface area contributed by atoms with E-state index in [1.54, 1.807) is 0 Å². The second kappa shape index (κ2) is 5.68. The largest absolute Gasteiger partial charge is 0.298 e. The Morgan fingerprint density at radius 2 is 1.89 bits per heavy atom. The van der Waals surface area contributed by atoms with E-state index in [0.29, 0.717) is 18.6 Å². The van der Waals surface area contributed by atoms with Crippen molar-refractivity contribution in [3.8, 4) is 0 Å². The lowest BCUT2D eigenvalue weighted by Crippen LogP contribution is -2.54. The lowest BCUT2D eigenvalue weighted by molar-refractivity contribution is 0.0550. The van der Waals surface area contributed by atoms with Gasteiger partial charge in [-0.25, -0.2) is 4.39 Å². The molecule has 0 amide bonds. The van der Waals surface area contributed by atoms with Crippen molar-refractivity contribution in [3.05, 3.63) is 34.1 Å². The quantitative estimate of drug-likeness (QED) is 0.827. The fraction of sp³-hybridized carbons (Fsp3) is 0.571. The molecule has 1 fully saturated rings. The first-order valence-electron chi connectivity index (χ1n) is 6.35. The third-order valence-electron chi connectivity index (χ3n) is 3.84. The molecule has 2 rings (SSSR count). The Morgan fingerprint density at radius 3 is 2.44 bits per heavy atom. The molecule has 2 atom stereocenters. The van der Waals surface area contributed by atoms with Gasteiger partial charge in [0.15, 0.2) is 0 Å². The minimum Gasteiger partial charge on any atom is -0.298 e. The molecule has 0 N–H and O–H groups in total. The van der Waals surface area contributed by atoms with Gasteiger partial charge < -0.3 is 0 Å². The molecule has 0 saturated carbocycles. The van der Waals surface area contributed by atoms with Gasteiger partial charge in [-0.1, -0.05) is 22.0 Å². The molecule has 0 bridgehead atoms. The van der Waals surface area contributed by atoms with Gasteiger partial charge in [0.05, 0.1) is 0 Å². The molecule has 1 aromatic carbocycles. The van der Waals surface area contributed by atoms with E-state index in [1.165, 1.54) is 6.07 Å². The summed E-state index contributed by atoms with van der Waals surface area (Å²) in [6.45, 7) is 7.13. The minimum atomic E-state index is -0.122. The van der Waals surface area contributed by atoms with Gasteiger partial charge in [0.1, 0.15) is 5.82 Å². The van der Waals surface area contributed by atoms with Gasteiger partial charge in [-0.05, 0) is 33.0 Å². The van der Waals surface area contributed by atoms with Crippen LogP contribution in [0.4, 0.5) is 4.39 Å². The topological polar surface area (TPSA) is 6.48 Å². The first-order valence-corrected chi connectivity index (χ1v) is 7.15. The standard InChI is InChI=1S/C14H20BrFN2/c1-10-7-18(8-11(2)17(10)3)9-12-4-5-13(15)6-14(12)16/h4-6,10-11H,7-9H2,1-3H3. The van der Waals surface area contributed by atoms with Crippen LogP contribution in [-0.4, -0.2) is 42.0 Å². The first kappa shape index (κ1) is 14.0. The predicted octanol–water partition coefficient (Wildman–Crippen LogP) is 3.11. The summed E-state index contributed by atoms with van der Waals surface area (Å²) in [7, 11) is 2.16. The Labute approximate surface area is 117 Å². The van der Waals surface area contributed by atoms with Crippen LogP contribution in [0.25, 0.3) is 0 Å². The molecule has 2 nitrogen and oxygen atoms in total. The summed E-state index contributed by atoms with van der Waals surface area (Å²) < 4.78 is 14.6. The Bertz CT molecular complexity index is 412. The fourth-order valence-corrected chi connectivity index (χ4v) is 2.87. The highest BCUT2D eigenvalue weighted by Crippen LogP contribution is 2.20. The maximum atomic E-state index is 13.8. The van der Waals surface area contributed by atoms with Gasteiger partial charge in [-0.3, -0.25) is 9.80 Å². The van der Waals surface area contributed by atoms with Crippen LogP contribution in [-0.2, 0) is 6.54 Å². The SMILES string of the molecule is CC1CN(Cc2ccc(Br)cc2F)CC(C)N1C. The molecule has 0 spiro atoms. The van der Waals surface area contributed by atoms with E-state index in [9.17, 15) is 4.39 Å². The molecule has 4 heteroatoms. The maximum Gasteiger partial charge on any atom is 0.128 e. The van der Waals surface area contributed by atoms with E-state index in [4.69, 9.17) is 0 Å². The summed E-state index contributed by atoms with van der Waals surface area (Å²) in [6.07, 6.45) is 0. The molecule has 18 heavy (non-hydrogen) atoms. The van der Waals surface area contributed by atoms with Gasteiger partial charge in [0.25, 0.3) is 0 Å². The van der Waals surface area contributed by atoms with E-state index in [-0.39, 0.29) is 5.82 Å². The third kappa shape index (κ3) is 3.11. The minimum absolute atomic E-state index is 0.122. The van der Waals surface area contributed by atoms with Gasteiger partial charge in [-0.2, -0.15) is 0 Å². The van der Waals surface area contributed by atoms with Crippen molar-refractivity contribution in [1.82, 2.24) is 9.80 Å². The van der Waals surface area contributed by atoms with E-state index in [0.717, 1.165) is 23.1 Å². The summed E-state index contributed by atoms with van der Waals surface area (Å²) in [5, 5.41) is 0. The molecule has 100 valence electrons. The smallest absolute Gasteiger partial charge is 0.128 e. The van der Waals surface area contributed by atoms with E-state index < -0.39 is 0 Å². The van der Waals surface area contributed by atoms with Crippen LogP contribution in [0.1, 0.15) is 19.4 Å². The fourth-order valence-electron chi connectivity index (χ4n) is 2.53. The lowest BCUT2D eigenvalue weighted by atomic mass is 10.1. The normalized spacial score (nSPS) is 26.5. The number of hydrogen-bond donors (Lipinski definition) is 0. The van der Waals surface area contributed by atoms with Crippen molar-refractivity contribution >= 4 is 15.9 Å². The van der Waals surface area contributed by atoms with Crippen LogP contribution >= 0.6 is 15.9 Å². The molecule has 1 aromatic rings. The number of halogens is 2. The second-order valence-electron chi connectivity index (χ2n) is 5.29. The molecule has 1 aliphatic heterocycles. The average molecular weight is 315 g/mol. The molecular formula is C14H20BrFN2. The second-order valence-corrected chi connectivity index (χ2v) is 6.21. The highest BCUT2D eigenvalue weighted by molar-refractivity contribution is 9.10. The molecule has 2 unspecified atom stereocenters. The van der Waals surface area contributed by atoms with Crippen LogP contribution in [0.3, 0.4) is 0 Å². The number of likely N-dealkylation sites (N-methyl/N-ethyl adjacent to an activating group) is 1. The van der Waals surface area contributed by atoms with Crippen molar-refractivity contribution in [2.24, 2.45) is 0 Å². The Kier molecular flexibility index (Phi) is 4.41. The number of rotatable bonds is 2. The van der Waals surface area contributed by atoms with Crippen LogP contribution in [0.15, 0.2) is 22.7 Å². The monoisotopic (exact) mass is 314 g/mol. The first-order chi connectivity index (χ1) is 8.47. The van der Waals surface area contributed by atoms with Gasteiger partial charge in [0, 0.05) is 41.8 Å². The maximum absolute atomic E-state index is 13.8. The van der Waals surface area contributed by atoms with Crippen molar-refractivity contribution in [1.29, 1.82) is 0 Å². The zero-order chi connectivity index (χ0) is 13.3. The van der Waals surface area contributed by atoms with Crippen molar-refractivity contribution in [2.45, 2.75) is 32.5 Å². The summed E-state index contributed by atoms with van der Waals surface area (Å²) in [5.74, 6) is -0.122. The van der Waals surface area contributed by atoms with Crippen LogP contribution in [0.5, 0.6) is 0 Å². The van der Waals surface area contributed by atoms with E-state index in [2.05, 4.69) is 46.6 Å². The molecule has 1 aliphatic rings. The lowest BCUT2D eigenvalue weighted by Gasteiger charge is -2.42. The summed E-state index contributed by atoms with van der Waals surface area (Å²) in [6, 6.07) is 6.35. The molecule has 1 saturated heterocycles. The van der Waals surface area contributed by atoms with E-state index in [1.807, 2.05) is 12.1 Å². The molecule has 0 aromatic heterocycles. The van der Waals surface area contributed by atoms with Gasteiger partial charge in [0.2, 0.25) is 0 Å². The molecular weight excluding hydrogens is 295 g/mol. The van der Waals surface area contributed by atoms with Gasteiger partial charge in [-0.15, -0.1) is 0 Å². The number of hydrogen-bond acceptors (Lipinski definition) is 2. The van der Waals surface area contributed by atoms with Crippen LogP contribution < -0.4 is 0 Å². The number of benzene rings is 1. The highest BCUT2D eigenvalue weighted by Gasteiger charge is 2.26. The predicted molar refractivity (Wildman–Crippen MR) is 76.1 cm³/mol. The van der Waals surface area contributed by atoms with Crippen LogP contribution in [0, 0.1) is 5.82 Å². The third-order valence-corrected chi connectivity index (χ3v) is 4.34. The van der Waals surface area contributed by atoms with Crippen LogP contribution in [0.2, 0.25) is 0 Å². The summed E-state index contributed by atoms with van der Waals surface area (Å²) in [4.78, 5) is 4.72.